The molecule has 1 amide bonds. The van der Waals surface area contributed by atoms with Crippen molar-refractivity contribution in [2.45, 2.75) is 18.1 Å². The lowest BCUT2D eigenvalue weighted by atomic mass is 10.1. The SMILES string of the molecule is O=C(O)c1cc(F)c(F)cc1C(=O)NCC1CCCS1. The van der Waals surface area contributed by atoms with Gasteiger partial charge in [0, 0.05) is 11.8 Å². The fourth-order valence-corrected chi connectivity index (χ4v) is 3.22. The van der Waals surface area contributed by atoms with Gasteiger partial charge >= 0.3 is 5.97 Å². The molecule has 108 valence electrons. The zero-order valence-corrected chi connectivity index (χ0v) is 11.3. The van der Waals surface area contributed by atoms with Crippen molar-refractivity contribution in [3.63, 3.8) is 0 Å². The summed E-state index contributed by atoms with van der Waals surface area (Å²) in [6.07, 6.45) is 2.06. The molecule has 1 aliphatic heterocycles. The molecule has 1 fully saturated rings. The van der Waals surface area contributed by atoms with Crippen molar-refractivity contribution in [3.8, 4) is 0 Å². The Balaban J connectivity index is 2.15. The van der Waals surface area contributed by atoms with Crippen LogP contribution in [-0.4, -0.2) is 34.5 Å². The second-order valence-corrected chi connectivity index (χ2v) is 5.87. The van der Waals surface area contributed by atoms with Gasteiger partial charge in [-0.3, -0.25) is 4.79 Å². The predicted octanol–water partition coefficient (Wildman–Crippen LogP) is 2.29. The van der Waals surface area contributed by atoms with Gasteiger partial charge in [0.05, 0.1) is 11.1 Å². The molecule has 0 aromatic heterocycles. The molecule has 1 atom stereocenters. The van der Waals surface area contributed by atoms with Crippen molar-refractivity contribution in [1.82, 2.24) is 5.32 Å². The monoisotopic (exact) mass is 301 g/mol. The Morgan fingerprint density at radius 2 is 1.95 bits per heavy atom. The molecule has 1 aliphatic rings. The number of aromatic carboxylic acids is 1. The van der Waals surface area contributed by atoms with E-state index in [-0.39, 0.29) is 10.8 Å². The predicted molar refractivity (Wildman–Crippen MR) is 71.1 cm³/mol. The zero-order chi connectivity index (χ0) is 14.7. The van der Waals surface area contributed by atoms with Gasteiger partial charge in [-0.15, -0.1) is 0 Å². The third-order valence-corrected chi connectivity index (χ3v) is 4.45. The van der Waals surface area contributed by atoms with Gasteiger partial charge < -0.3 is 10.4 Å². The summed E-state index contributed by atoms with van der Waals surface area (Å²) < 4.78 is 26.2. The Labute approximate surface area is 118 Å². The molecular weight excluding hydrogens is 288 g/mol. The Bertz CT molecular complexity index is 545. The maximum atomic E-state index is 13.2. The van der Waals surface area contributed by atoms with Crippen LogP contribution in [0.3, 0.4) is 0 Å². The molecule has 0 bridgehead atoms. The van der Waals surface area contributed by atoms with E-state index in [1.807, 2.05) is 0 Å². The number of carboxylic acid groups (broad SMARTS) is 1. The van der Waals surface area contributed by atoms with Gasteiger partial charge in [0.15, 0.2) is 11.6 Å². The van der Waals surface area contributed by atoms with E-state index in [0.717, 1.165) is 18.6 Å². The topological polar surface area (TPSA) is 66.4 Å². The average molecular weight is 301 g/mol. The third kappa shape index (κ3) is 3.27. The molecule has 1 saturated heterocycles. The van der Waals surface area contributed by atoms with E-state index in [2.05, 4.69) is 5.32 Å². The van der Waals surface area contributed by atoms with Crippen LogP contribution in [0.5, 0.6) is 0 Å². The molecule has 1 unspecified atom stereocenters. The van der Waals surface area contributed by atoms with E-state index in [9.17, 15) is 18.4 Å². The number of carboxylic acids is 1. The first-order valence-corrected chi connectivity index (χ1v) is 7.16. The molecule has 0 spiro atoms. The summed E-state index contributed by atoms with van der Waals surface area (Å²) in [7, 11) is 0. The fraction of sp³-hybridized carbons (Fsp3) is 0.385. The molecule has 7 heteroatoms. The van der Waals surface area contributed by atoms with E-state index in [4.69, 9.17) is 5.11 Å². The summed E-state index contributed by atoms with van der Waals surface area (Å²) in [5.41, 5.74) is -0.903. The van der Waals surface area contributed by atoms with Crippen molar-refractivity contribution in [3.05, 3.63) is 34.9 Å². The van der Waals surface area contributed by atoms with E-state index in [1.54, 1.807) is 11.8 Å². The molecule has 1 aromatic rings. The minimum absolute atomic E-state index is 0.289. The van der Waals surface area contributed by atoms with Crippen molar-refractivity contribution < 1.29 is 23.5 Å². The van der Waals surface area contributed by atoms with Gasteiger partial charge in [-0.1, -0.05) is 0 Å². The molecule has 0 saturated carbocycles. The number of carbonyl (C=O) groups is 2. The maximum absolute atomic E-state index is 13.2. The lowest BCUT2D eigenvalue weighted by Gasteiger charge is -2.11. The molecule has 0 aliphatic carbocycles. The van der Waals surface area contributed by atoms with Crippen molar-refractivity contribution in [2.24, 2.45) is 0 Å². The maximum Gasteiger partial charge on any atom is 0.336 e. The number of hydrogen-bond acceptors (Lipinski definition) is 3. The van der Waals surface area contributed by atoms with Crippen LogP contribution in [0.2, 0.25) is 0 Å². The van der Waals surface area contributed by atoms with E-state index >= 15 is 0 Å². The second kappa shape index (κ2) is 6.21. The standard InChI is InChI=1S/C13H13F2NO3S/c14-10-4-8(9(13(18)19)5-11(10)15)12(17)16-6-7-2-1-3-20-7/h4-5,7H,1-3,6H2,(H,16,17)(H,18,19). The van der Waals surface area contributed by atoms with Crippen LogP contribution in [0, 0.1) is 11.6 Å². The quantitative estimate of drug-likeness (QED) is 0.895. The lowest BCUT2D eigenvalue weighted by Crippen LogP contribution is -2.31. The van der Waals surface area contributed by atoms with Gasteiger partial charge in [0.1, 0.15) is 0 Å². The minimum atomic E-state index is -1.47. The highest BCUT2D eigenvalue weighted by molar-refractivity contribution is 8.00. The van der Waals surface area contributed by atoms with Gasteiger partial charge in [0.2, 0.25) is 0 Å². The highest BCUT2D eigenvalue weighted by atomic mass is 32.2. The fourth-order valence-electron chi connectivity index (χ4n) is 2.02. The molecular formula is C13H13F2NO3S. The highest BCUT2D eigenvalue weighted by Crippen LogP contribution is 2.25. The smallest absolute Gasteiger partial charge is 0.336 e. The molecule has 4 nitrogen and oxygen atoms in total. The van der Waals surface area contributed by atoms with E-state index in [0.29, 0.717) is 18.7 Å². The van der Waals surface area contributed by atoms with Crippen LogP contribution in [0.25, 0.3) is 0 Å². The Morgan fingerprint density at radius 1 is 1.30 bits per heavy atom. The first kappa shape index (κ1) is 14.8. The molecule has 1 aromatic carbocycles. The number of halogens is 2. The van der Waals surface area contributed by atoms with Crippen LogP contribution in [-0.2, 0) is 0 Å². The van der Waals surface area contributed by atoms with Gasteiger partial charge in [-0.05, 0) is 30.7 Å². The average Bonchev–Trinajstić information content (AvgIpc) is 2.91. The largest absolute Gasteiger partial charge is 0.478 e. The first-order chi connectivity index (χ1) is 9.49. The van der Waals surface area contributed by atoms with Gasteiger partial charge in [0.25, 0.3) is 5.91 Å². The number of rotatable bonds is 4. The van der Waals surface area contributed by atoms with Crippen molar-refractivity contribution in [1.29, 1.82) is 0 Å². The number of nitrogens with one attached hydrogen (secondary N) is 1. The number of thioether (sulfide) groups is 1. The Morgan fingerprint density at radius 3 is 2.50 bits per heavy atom. The molecule has 1 heterocycles. The number of amides is 1. The zero-order valence-electron chi connectivity index (χ0n) is 10.5. The molecule has 0 radical (unpaired) electrons. The van der Waals surface area contributed by atoms with E-state index < -0.39 is 29.1 Å². The molecule has 2 rings (SSSR count). The lowest BCUT2D eigenvalue weighted by molar-refractivity contribution is 0.0690. The van der Waals surface area contributed by atoms with Gasteiger partial charge in [-0.25, -0.2) is 13.6 Å². The van der Waals surface area contributed by atoms with Crippen molar-refractivity contribution in [2.75, 3.05) is 12.3 Å². The summed E-state index contributed by atoms with van der Waals surface area (Å²) in [6, 6.07) is 1.15. The van der Waals surface area contributed by atoms with Crippen molar-refractivity contribution >= 4 is 23.6 Å². The third-order valence-electron chi connectivity index (χ3n) is 3.05. The van der Waals surface area contributed by atoms with E-state index in [1.165, 1.54) is 0 Å². The van der Waals surface area contributed by atoms with Crippen LogP contribution in [0.4, 0.5) is 8.78 Å². The summed E-state index contributed by atoms with van der Waals surface area (Å²) in [5, 5.41) is 11.8. The summed E-state index contributed by atoms with van der Waals surface area (Å²) in [6.45, 7) is 0.390. The first-order valence-electron chi connectivity index (χ1n) is 6.11. The summed E-state index contributed by atoms with van der Waals surface area (Å²) >= 11 is 1.73. The molecule has 2 N–H and O–H groups in total. The van der Waals surface area contributed by atoms with Gasteiger partial charge in [-0.2, -0.15) is 11.8 Å². The summed E-state index contributed by atoms with van der Waals surface area (Å²) in [5.74, 6) is -3.66. The van der Waals surface area contributed by atoms with Crippen LogP contribution in [0.1, 0.15) is 33.6 Å². The normalized spacial score (nSPS) is 18.0. The van der Waals surface area contributed by atoms with Crippen LogP contribution >= 0.6 is 11.8 Å². The number of benzene rings is 1. The second-order valence-electron chi connectivity index (χ2n) is 4.46. The van der Waals surface area contributed by atoms with Crippen LogP contribution < -0.4 is 5.32 Å². The number of carbonyl (C=O) groups excluding carboxylic acids is 1. The highest BCUT2D eigenvalue weighted by Gasteiger charge is 2.22. The molecule has 20 heavy (non-hydrogen) atoms. The Kier molecular flexibility index (Phi) is 4.59. The Hall–Kier alpha value is -1.63. The van der Waals surface area contributed by atoms with Crippen LogP contribution in [0.15, 0.2) is 12.1 Å². The minimum Gasteiger partial charge on any atom is -0.478 e. The summed E-state index contributed by atoms with van der Waals surface area (Å²) in [4.78, 5) is 22.9. The number of hydrogen-bond donors (Lipinski definition) is 2.